The van der Waals surface area contributed by atoms with Crippen molar-refractivity contribution in [3.05, 3.63) is 65.2 Å². The van der Waals surface area contributed by atoms with E-state index in [1.54, 1.807) is 0 Å². The lowest BCUT2D eigenvalue weighted by molar-refractivity contribution is -0.200. The summed E-state index contributed by atoms with van der Waals surface area (Å²) in [6, 6.07) is 5.95. The summed E-state index contributed by atoms with van der Waals surface area (Å²) in [5.41, 5.74) is -0.930. The van der Waals surface area contributed by atoms with Crippen LogP contribution in [0.2, 0.25) is 0 Å². The van der Waals surface area contributed by atoms with Crippen LogP contribution in [0.5, 0.6) is 0 Å². The Labute approximate surface area is 148 Å². The van der Waals surface area contributed by atoms with E-state index < -0.39 is 42.2 Å². The third-order valence-electron chi connectivity index (χ3n) is 3.69. The second-order valence-electron chi connectivity index (χ2n) is 5.73. The van der Waals surface area contributed by atoms with E-state index in [0.29, 0.717) is 12.1 Å². The van der Waals surface area contributed by atoms with Gasteiger partial charge in [0.1, 0.15) is 0 Å². The monoisotopic (exact) mass is 399 g/mol. The first kappa shape index (κ1) is 20.9. The largest absolute Gasteiger partial charge is 0.416 e. The highest BCUT2D eigenvalue weighted by Gasteiger charge is 2.39. The number of alkyl halides is 6. The van der Waals surface area contributed by atoms with Crippen LogP contribution in [0.1, 0.15) is 11.1 Å². The van der Waals surface area contributed by atoms with Gasteiger partial charge in [0.25, 0.3) is 0 Å². The molecule has 1 atom stereocenters. The van der Waals surface area contributed by atoms with E-state index in [1.165, 1.54) is 0 Å². The predicted molar refractivity (Wildman–Crippen MR) is 80.9 cm³/mol. The Kier molecular flexibility index (Phi) is 5.98. The molecular weight excluding hydrogens is 386 g/mol. The molecule has 1 N–H and O–H groups in total. The van der Waals surface area contributed by atoms with Gasteiger partial charge in [-0.2, -0.15) is 26.3 Å². The molecule has 148 valence electrons. The molecule has 0 amide bonds. The Hall–Kier alpha value is -2.36. The van der Waals surface area contributed by atoms with Crippen molar-refractivity contribution >= 4 is 5.69 Å². The van der Waals surface area contributed by atoms with Crippen molar-refractivity contribution in [2.45, 2.75) is 25.0 Å². The minimum atomic E-state index is -4.96. The maximum Gasteiger partial charge on any atom is 0.416 e. The Morgan fingerprint density at radius 1 is 0.852 bits per heavy atom. The van der Waals surface area contributed by atoms with Crippen LogP contribution in [-0.4, -0.2) is 23.9 Å². The van der Waals surface area contributed by atoms with Crippen LogP contribution in [-0.2, 0) is 12.7 Å². The number of hydrogen-bond acceptors (Lipinski definition) is 2. The van der Waals surface area contributed by atoms with Crippen molar-refractivity contribution in [3.8, 4) is 0 Å². The summed E-state index contributed by atoms with van der Waals surface area (Å²) in [7, 11) is 0. The maximum atomic E-state index is 13.4. The van der Waals surface area contributed by atoms with Crippen molar-refractivity contribution in [3.63, 3.8) is 0 Å². The highest BCUT2D eigenvalue weighted by Crippen LogP contribution is 2.30. The SMILES string of the molecule is OC(CN(Cc1ccc(C(F)(F)F)cc1)c1ccc(F)c(F)c1)C(F)(F)F. The first-order valence-electron chi connectivity index (χ1n) is 7.49. The summed E-state index contributed by atoms with van der Waals surface area (Å²) in [5, 5.41) is 9.29. The van der Waals surface area contributed by atoms with E-state index >= 15 is 0 Å². The fourth-order valence-corrected chi connectivity index (χ4v) is 2.27. The van der Waals surface area contributed by atoms with E-state index in [-0.39, 0.29) is 17.8 Å². The summed E-state index contributed by atoms with van der Waals surface area (Å²) in [6.45, 7) is -1.38. The summed E-state index contributed by atoms with van der Waals surface area (Å²) < 4.78 is 102. The second-order valence-corrected chi connectivity index (χ2v) is 5.73. The van der Waals surface area contributed by atoms with Crippen molar-refractivity contribution in [2.24, 2.45) is 0 Å². The average Bonchev–Trinajstić information content (AvgIpc) is 2.55. The van der Waals surface area contributed by atoms with Crippen LogP contribution < -0.4 is 4.90 Å². The number of aliphatic hydroxyl groups excluding tert-OH is 1. The topological polar surface area (TPSA) is 23.5 Å². The number of nitrogens with zero attached hydrogens (tertiary/aromatic N) is 1. The molecule has 0 saturated heterocycles. The van der Waals surface area contributed by atoms with E-state index in [0.717, 1.165) is 35.2 Å². The van der Waals surface area contributed by atoms with Gasteiger partial charge >= 0.3 is 12.4 Å². The molecule has 27 heavy (non-hydrogen) atoms. The van der Waals surface area contributed by atoms with Crippen molar-refractivity contribution < 1.29 is 40.2 Å². The minimum Gasteiger partial charge on any atom is -0.382 e. The molecule has 0 aliphatic heterocycles. The standard InChI is InChI=1S/C17H13F8NO/c18-13-6-5-12(7-14(13)19)26(9-15(27)17(23,24)25)8-10-1-3-11(4-2-10)16(20,21)22/h1-7,15,27H,8-9H2. The first-order chi connectivity index (χ1) is 12.4. The van der Waals surface area contributed by atoms with Crippen LogP contribution in [0.4, 0.5) is 40.8 Å². The zero-order valence-electron chi connectivity index (χ0n) is 13.5. The first-order valence-corrected chi connectivity index (χ1v) is 7.49. The Morgan fingerprint density at radius 2 is 1.44 bits per heavy atom. The molecule has 1 unspecified atom stereocenters. The third-order valence-corrected chi connectivity index (χ3v) is 3.69. The van der Waals surface area contributed by atoms with Gasteiger partial charge in [0.05, 0.1) is 12.1 Å². The lowest BCUT2D eigenvalue weighted by atomic mass is 10.1. The molecule has 0 bridgehead atoms. The molecule has 2 aromatic carbocycles. The fourth-order valence-electron chi connectivity index (χ4n) is 2.27. The maximum absolute atomic E-state index is 13.4. The predicted octanol–water partition coefficient (Wildman–Crippen LogP) is 4.91. The third kappa shape index (κ3) is 5.56. The molecule has 0 spiro atoms. The number of anilines is 1. The zero-order chi connectivity index (χ0) is 20.4. The van der Waals surface area contributed by atoms with Gasteiger partial charge in [0.15, 0.2) is 17.7 Å². The van der Waals surface area contributed by atoms with Gasteiger partial charge in [0.2, 0.25) is 0 Å². The smallest absolute Gasteiger partial charge is 0.382 e. The Balaban J connectivity index is 2.30. The number of benzene rings is 2. The molecule has 2 nitrogen and oxygen atoms in total. The summed E-state index contributed by atoms with van der Waals surface area (Å²) in [4.78, 5) is 0.892. The molecule has 0 heterocycles. The summed E-state index contributed by atoms with van der Waals surface area (Å²) in [6.07, 6.45) is -12.3. The van der Waals surface area contributed by atoms with Crippen molar-refractivity contribution in [1.82, 2.24) is 0 Å². The lowest BCUT2D eigenvalue weighted by Crippen LogP contribution is -2.41. The second kappa shape index (κ2) is 7.71. The Morgan fingerprint density at radius 3 is 1.93 bits per heavy atom. The van der Waals surface area contributed by atoms with E-state index in [4.69, 9.17) is 0 Å². The molecular formula is C17H13F8NO. The van der Waals surface area contributed by atoms with Crippen LogP contribution in [0.25, 0.3) is 0 Å². The quantitative estimate of drug-likeness (QED) is 0.722. The van der Waals surface area contributed by atoms with Crippen molar-refractivity contribution in [1.29, 1.82) is 0 Å². The molecule has 0 aliphatic carbocycles. The van der Waals surface area contributed by atoms with Crippen LogP contribution in [0.3, 0.4) is 0 Å². The number of aliphatic hydroxyl groups is 1. The van der Waals surface area contributed by atoms with Gasteiger partial charge in [-0.3, -0.25) is 0 Å². The molecule has 0 fully saturated rings. The number of hydrogen-bond donors (Lipinski definition) is 1. The lowest BCUT2D eigenvalue weighted by Gasteiger charge is -2.28. The van der Waals surface area contributed by atoms with Crippen LogP contribution >= 0.6 is 0 Å². The average molecular weight is 399 g/mol. The van der Waals surface area contributed by atoms with E-state index in [9.17, 15) is 40.2 Å². The highest BCUT2D eigenvalue weighted by molar-refractivity contribution is 5.48. The molecule has 0 saturated carbocycles. The molecule has 0 aliphatic rings. The van der Waals surface area contributed by atoms with Crippen LogP contribution in [0, 0.1) is 11.6 Å². The van der Waals surface area contributed by atoms with Crippen molar-refractivity contribution in [2.75, 3.05) is 11.4 Å². The number of halogens is 8. The summed E-state index contributed by atoms with van der Waals surface area (Å²) in [5.74, 6) is -2.53. The minimum absolute atomic E-state index is 0.169. The molecule has 0 aromatic heterocycles. The van der Waals surface area contributed by atoms with Gasteiger partial charge in [-0.1, -0.05) is 12.1 Å². The van der Waals surface area contributed by atoms with Gasteiger partial charge in [-0.05, 0) is 29.8 Å². The van der Waals surface area contributed by atoms with Gasteiger partial charge < -0.3 is 10.0 Å². The van der Waals surface area contributed by atoms with Gasteiger partial charge in [-0.25, -0.2) is 8.78 Å². The molecule has 10 heteroatoms. The number of rotatable bonds is 5. The van der Waals surface area contributed by atoms with Crippen LogP contribution in [0.15, 0.2) is 42.5 Å². The zero-order valence-corrected chi connectivity index (χ0v) is 13.5. The molecule has 2 rings (SSSR count). The summed E-state index contributed by atoms with van der Waals surface area (Å²) >= 11 is 0. The molecule has 0 radical (unpaired) electrons. The van der Waals surface area contributed by atoms with Gasteiger partial charge in [0, 0.05) is 18.3 Å². The fraction of sp³-hybridized carbons (Fsp3) is 0.294. The molecule has 2 aromatic rings. The normalized spacial score (nSPS) is 13.5. The van der Waals surface area contributed by atoms with E-state index in [1.807, 2.05) is 0 Å². The Bertz CT molecular complexity index is 770. The highest BCUT2D eigenvalue weighted by atomic mass is 19.4. The van der Waals surface area contributed by atoms with E-state index in [2.05, 4.69) is 0 Å². The van der Waals surface area contributed by atoms with Gasteiger partial charge in [-0.15, -0.1) is 0 Å².